The third kappa shape index (κ3) is 4.09. The molecule has 0 spiro atoms. The number of carbonyl (C=O) groups excluding carboxylic acids is 1. The number of benzene rings is 1. The maximum absolute atomic E-state index is 12.3. The SMILES string of the molecule is Cc1cc(C(=O)NC2CCC(N(C)C)CC2)ccc1B(O)O. The molecule has 0 aliphatic heterocycles. The smallest absolute Gasteiger partial charge is 0.423 e. The first-order chi connectivity index (χ1) is 10.4. The molecule has 120 valence electrons. The van der Waals surface area contributed by atoms with Crippen LogP contribution >= 0.6 is 0 Å². The van der Waals surface area contributed by atoms with Crippen molar-refractivity contribution in [1.29, 1.82) is 0 Å². The van der Waals surface area contributed by atoms with E-state index in [0.29, 0.717) is 22.6 Å². The maximum Gasteiger partial charge on any atom is 0.488 e. The molecule has 1 aliphatic rings. The van der Waals surface area contributed by atoms with Crippen molar-refractivity contribution in [2.75, 3.05) is 14.1 Å². The van der Waals surface area contributed by atoms with Crippen molar-refractivity contribution in [1.82, 2.24) is 10.2 Å². The van der Waals surface area contributed by atoms with Crippen molar-refractivity contribution < 1.29 is 14.8 Å². The van der Waals surface area contributed by atoms with Gasteiger partial charge in [0.25, 0.3) is 5.91 Å². The lowest BCUT2D eigenvalue weighted by Gasteiger charge is -2.33. The third-order valence-electron chi connectivity index (χ3n) is 4.57. The van der Waals surface area contributed by atoms with E-state index in [-0.39, 0.29) is 11.9 Å². The molecule has 2 rings (SSSR count). The topological polar surface area (TPSA) is 72.8 Å². The van der Waals surface area contributed by atoms with Gasteiger partial charge in [0, 0.05) is 17.6 Å². The highest BCUT2D eigenvalue weighted by Gasteiger charge is 2.24. The molecule has 0 radical (unpaired) electrons. The number of hydrogen-bond donors (Lipinski definition) is 3. The van der Waals surface area contributed by atoms with Crippen LogP contribution in [-0.2, 0) is 0 Å². The van der Waals surface area contributed by atoms with Crippen LogP contribution in [0.4, 0.5) is 0 Å². The standard InChI is InChI=1S/C16H25BN2O3/c1-11-10-12(4-9-15(11)17(21)22)16(20)18-13-5-7-14(8-6-13)19(2)3/h4,9-10,13-14,21-22H,5-8H2,1-3H3,(H,18,20). The van der Waals surface area contributed by atoms with Crippen LogP contribution in [0.5, 0.6) is 0 Å². The van der Waals surface area contributed by atoms with Gasteiger partial charge in [0.05, 0.1) is 0 Å². The summed E-state index contributed by atoms with van der Waals surface area (Å²) in [6.45, 7) is 1.77. The van der Waals surface area contributed by atoms with Gasteiger partial charge in [-0.25, -0.2) is 0 Å². The summed E-state index contributed by atoms with van der Waals surface area (Å²) in [4.78, 5) is 14.6. The van der Waals surface area contributed by atoms with Crippen molar-refractivity contribution >= 4 is 18.5 Å². The minimum Gasteiger partial charge on any atom is -0.423 e. The van der Waals surface area contributed by atoms with Crippen LogP contribution in [0, 0.1) is 6.92 Å². The first-order valence-corrected chi connectivity index (χ1v) is 7.82. The van der Waals surface area contributed by atoms with Crippen LogP contribution in [-0.4, -0.2) is 54.2 Å². The zero-order valence-electron chi connectivity index (χ0n) is 13.5. The highest BCUT2D eigenvalue weighted by atomic mass is 16.4. The van der Waals surface area contributed by atoms with Crippen LogP contribution in [0.1, 0.15) is 41.6 Å². The van der Waals surface area contributed by atoms with Gasteiger partial charge in [-0.15, -0.1) is 0 Å². The van der Waals surface area contributed by atoms with E-state index in [9.17, 15) is 14.8 Å². The van der Waals surface area contributed by atoms with Crippen LogP contribution in [0.25, 0.3) is 0 Å². The van der Waals surface area contributed by atoms with E-state index in [2.05, 4.69) is 24.3 Å². The van der Waals surface area contributed by atoms with Crippen LogP contribution < -0.4 is 10.8 Å². The zero-order valence-corrected chi connectivity index (χ0v) is 13.5. The minimum absolute atomic E-state index is 0.0876. The molecule has 3 N–H and O–H groups in total. The van der Waals surface area contributed by atoms with Crippen LogP contribution in [0.3, 0.4) is 0 Å². The monoisotopic (exact) mass is 304 g/mol. The maximum atomic E-state index is 12.3. The minimum atomic E-state index is -1.50. The van der Waals surface area contributed by atoms with E-state index >= 15 is 0 Å². The van der Waals surface area contributed by atoms with Crippen molar-refractivity contribution in [2.24, 2.45) is 0 Å². The molecule has 1 aromatic carbocycles. The number of amides is 1. The van der Waals surface area contributed by atoms with Gasteiger partial charge in [-0.3, -0.25) is 4.79 Å². The molecule has 0 unspecified atom stereocenters. The number of carbonyl (C=O) groups is 1. The quantitative estimate of drug-likeness (QED) is 0.699. The first-order valence-electron chi connectivity index (χ1n) is 7.82. The summed E-state index contributed by atoms with van der Waals surface area (Å²) < 4.78 is 0. The Balaban J connectivity index is 1.94. The number of hydrogen-bond acceptors (Lipinski definition) is 4. The van der Waals surface area contributed by atoms with E-state index in [0.717, 1.165) is 25.7 Å². The molecule has 1 aromatic rings. The molecule has 0 atom stereocenters. The second-order valence-electron chi connectivity index (χ2n) is 6.39. The molecule has 0 heterocycles. The van der Waals surface area contributed by atoms with Crippen molar-refractivity contribution in [3.8, 4) is 0 Å². The van der Waals surface area contributed by atoms with Gasteiger partial charge in [-0.2, -0.15) is 0 Å². The van der Waals surface area contributed by atoms with Gasteiger partial charge in [0.15, 0.2) is 0 Å². The van der Waals surface area contributed by atoms with Gasteiger partial charge < -0.3 is 20.3 Å². The largest absolute Gasteiger partial charge is 0.488 e. The molecule has 1 fully saturated rings. The average Bonchev–Trinajstić information content (AvgIpc) is 2.47. The van der Waals surface area contributed by atoms with E-state index in [4.69, 9.17) is 0 Å². The number of nitrogens with one attached hydrogen (secondary N) is 1. The Labute approximate surface area is 132 Å². The fraction of sp³-hybridized carbons (Fsp3) is 0.562. The Morgan fingerprint density at radius 2 is 1.86 bits per heavy atom. The predicted octanol–water partition coefficient (Wildman–Crippen LogP) is 0.277. The number of nitrogens with zero attached hydrogens (tertiary/aromatic N) is 1. The molecular formula is C16H25BN2O3. The van der Waals surface area contributed by atoms with Crippen molar-refractivity contribution in [3.63, 3.8) is 0 Å². The molecular weight excluding hydrogens is 279 g/mol. The predicted molar refractivity (Wildman–Crippen MR) is 88.2 cm³/mol. The zero-order chi connectivity index (χ0) is 16.3. The summed E-state index contributed by atoms with van der Waals surface area (Å²) in [6, 6.07) is 5.78. The molecule has 0 saturated heterocycles. The van der Waals surface area contributed by atoms with Crippen molar-refractivity contribution in [2.45, 2.75) is 44.7 Å². The Hall–Kier alpha value is -1.37. The van der Waals surface area contributed by atoms with Gasteiger partial charge in [-0.05, 0) is 64.3 Å². The second kappa shape index (κ2) is 7.27. The average molecular weight is 304 g/mol. The summed E-state index contributed by atoms with van der Waals surface area (Å²) >= 11 is 0. The third-order valence-corrected chi connectivity index (χ3v) is 4.57. The molecule has 0 aromatic heterocycles. The summed E-state index contributed by atoms with van der Waals surface area (Å²) in [5, 5.41) is 21.5. The van der Waals surface area contributed by atoms with Crippen LogP contribution in [0.15, 0.2) is 18.2 Å². The lowest BCUT2D eigenvalue weighted by Crippen LogP contribution is -2.42. The molecule has 22 heavy (non-hydrogen) atoms. The molecule has 1 aliphatic carbocycles. The van der Waals surface area contributed by atoms with E-state index in [1.54, 1.807) is 25.1 Å². The fourth-order valence-electron chi connectivity index (χ4n) is 3.11. The first kappa shape index (κ1) is 17.0. The lowest BCUT2D eigenvalue weighted by molar-refractivity contribution is 0.0916. The van der Waals surface area contributed by atoms with Gasteiger partial charge in [0.2, 0.25) is 0 Å². The molecule has 1 amide bonds. The molecule has 1 saturated carbocycles. The van der Waals surface area contributed by atoms with Gasteiger partial charge in [-0.1, -0.05) is 11.6 Å². The lowest BCUT2D eigenvalue weighted by atomic mass is 9.77. The summed E-state index contributed by atoms with van der Waals surface area (Å²) in [5.74, 6) is -0.0876. The highest BCUT2D eigenvalue weighted by molar-refractivity contribution is 6.59. The summed E-state index contributed by atoms with van der Waals surface area (Å²) in [6.07, 6.45) is 4.21. The Bertz CT molecular complexity index is 526. The second-order valence-corrected chi connectivity index (χ2v) is 6.39. The van der Waals surface area contributed by atoms with Gasteiger partial charge in [0.1, 0.15) is 0 Å². The molecule has 5 nitrogen and oxygen atoms in total. The van der Waals surface area contributed by atoms with E-state index in [1.165, 1.54) is 0 Å². The van der Waals surface area contributed by atoms with E-state index < -0.39 is 7.12 Å². The van der Waals surface area contributed by atoms with E-state index in [1.807, 2.05) is 0 Å². The van der Waals surface area contributed by atoms with Gasteiger partial charge >= 0.3 is 7.12 Å². The fourth-order valence-corrected chi connectivity index (χ4v) is 3.11. The van der Waals surface area contributed by atoms with Crippen LogP contribution in [0.2, 0.25) is 0 Å². The Kier molecular flexibility index (Phi) is 5.61. The molecule has 0 bridgehead atoms. The Morgan fingerprint density at radius 1 is 1.23 bits per heavy atom. The highest BCUT2D eigenvalue weighted by Crippen LogP contribution is 2.21. The normalized spacial score (nSPS) is 21.7. The Morgan fingerprint density at radius 3 is 2.36 bits per heavy atom. The summed E-state index contributed by atoms with van der Waals surface area (Å²) in [5.41, 5.74) is 1.71. The number of aryl methyl sites for hydroxylation is 1. The summed E-state index contributed by atoms with van der Waals surface area (Å²) in [7, 11) is 2.70. The molecule has 6 heteroatoms. The van der Waals surface area contributed by atoms with Crippen molar-refractivity contribution in [3.05, 3.63) is 29.3 Å². The number of rotatable bonds is 4.